The molecule has 0 aromatic heterocycles. The molecule has 0 radical (unpaired) electrons. The van der Waals surface area contributed by atoms with E-state index in [4.69, 9.17) is 4.74 Å². The van der Waals surface area contributed by atoms with Crippen LogP contribution in [0.15, 0.2) is 17.0 Å². The molecule has 5 nitrogen and oxygen atoms in total. The van der Waals surface area contributed by atoms with Crippen molar-refractivity contribution in [2.75, 3.05) is 26.7 Å². The van der Waals surface area contributed by atoms with Crippen molar-refractivity contribution in [3.63, 3.8) is 0 Å². The number of ether oxygens (including phenoxy) is 1. The molecule has 6 heteroatoms. The molecule has 3 rings (SSSR count). The molecule has 1 atom stereocenters. The maximum Gasteiger partial charge on any atom is 0.244 e. The second kappa shape index (κ2) is 9.39. The molecule has 2 aliphatic rings. The summed E-state index contributed by atoms with van der Waals surface area (Å²) >= 11 is 0. The van der Waals surface area contributed by atoms with E-state index in [1.165, 1.54) is 31.2 Å². The van der Waals surface area contributed by atoms with Crippen molar-refractivity contribution in [1.82, 2.24) is 9.62 Å². The number of nitrogens with one attached hydrogen (secondary N) is 1. The van der Waals surface area contributed by atoms with Gasteiger partial charge in [0.2, 0.25) is 10.0 Å². The molecular formula is C21H34N2O3S. The summed E-state index contributed by atoms with van der Waals surface area (Å²) in [6.45, 7) is 4.82. The van der Waals surface area contributed by atoms with Gasteiger partial charge < -0.3 is 9.64 Å². The van der Waals surface area contributed by atoms with Crippen molar-refractivity contribution < 1.29 is 13.2 Å². The maximum atomic E-state index is 12.9. The molecule has 0 saturated carbocycles. The Morgan fingerprint density at radius 2 is 1.89 bits per heavy atom. The fourth-order valence-electron chi connectivity index (χ4n) is 4.49. The number of methoxy groups -OCH3 is 1. The molecule has 1 heterocycles. The van der Waals surface area contributed by atoms with Crippen LogP contribution in [0.1, 0.15) is 63.0 Å². The Balaban J connectivity index is 1.61. The molecule has 1 fully saturated rings. The van der Waals surface area contributed by atoms with Crippen LogP contribution < -0.4 is 9.46 Å². The predicted octanol–water partition coefficient (Wildman–Crippen LogP) is 3.51. The van der Waals surface area contributed by atoms with Gasteiger partial charge in [-0.25, -0.2) is 13.1 Å². The minimum Gasteiger partial charge on any atom is -0.495 e. The van der Waals surface area contributed by atoms with Crippen molar-refractivity contribution >= 4 is 10.0 Å². The molecule has 1 aliphatic heterocycles. The average molecular weight is 395 g/mol. The average Bonchev–Trinajstić information content (AvgIpc) is 2.70. The van der Waals surface area contributed by atoms with E-state index in [1.54, 1.807) is 7.11 Å². The van der Waals surface area contributed by atoms with Gasteiger partial charge in [0.05, 0.1) is 7.11 Å². The zero-order chi connectivity index (χ0) is 19.3. The molecule has 1 aliphatic carbocycles. The summed E-state index contributed by atoms with van der Waals surface area (Å²) in [5.41, 5.74) is 2.38. The third kappa shape index (κ3) is 5.04. The van der Waals surface area contributed by atoms with Gasteiger partial charge in [0.15, 0.2) is 0 Å². The smallest absolute Gasteiger partial charge is 0.244 e. The number of rotatable bonds is 8. The molecule has 1 N–H and O–H groups in total. The van der Waals surface area contributed by atoms with Gasteiger partial charge in [-0.3, -0.25) is 0 Å². The van der Waals surface area contributed by atoms with Crippen LogP contribution in [0.5, 0.6) is 5.75 Å². The fourth-order valence-corrected chi connectivity index (χ4v) is 5.77. The van der Waals surface area contributed by atoms with Crippen LogP contribution in [-0.4, -0.2) is 46.1 Å². The van der Waals surface area contributed by atoms with Gasteiger partial charge in [-0.1, -0.05) is 13.3 Å². The van der Waals surface area contributed by atoms with Crippen LogP contribution in [-0.2, 0) is 22.9 Å². The standard InChI is InChI=1S/C21H34N2O3S/c1-3-19-11-6-7-13-23(19)14-8-12-22-27(24,25)21-16-18-10-5-4-9-17(18)15-20(21)26-2/h15-16,19,22H,3-14H2,1-2H3. The first-order chi connectivity index (χ1) is 13.0. The van der Waals surface area contributed by atoms with Crippen molar-refractivity contribution in [1.29, 1.82) is 0 Å². The summed E-state index contributed by atoms with van der Waals surface area (Å²) in [5.74, 6) is 0.463. The number of aryl methyl sites for hydroxylation is 2. The number of fused-ring (bicyclic) bond motifs is 1. The molecule has 0 spiro atoms. The van der Waals surface area contributed by atoms with E-state index in [-0.39, 0.29) is 4.90 Å². The summed E-state index contributed by atoms with van der Waals surface area (Å²) in [4.78, 5) is 2.81. The number of likely N-dealkylation sites (tertiary alicyclic amines) is 1. The van der Waals surface area contributed by atoms with Crippen molar-refractivity contribution in [3.8, 4) is 5.75 Å². The van der Waals surface area contributed by atoms with Crippen LogP contribution in [0.4, 0.5) is 0 Å². The monoisotopic (exact) mass is 394 g/mol. The van der Waals surface area contributed by atoms with Crippen molar-refractivity contribution in [2.45, 2.75) is 75.6 Å². The summed E-state index contributed by atoms with van der Waals surface area (Å²) in [5, 5.41) is 0. The molecular weight excluding hydrogens is 360 g/mol. The van der Waals surface area contributed by atoms with Gasteiger partial charge >= 0.3 is 0 Å². The van der Waals surface area contributed by atoms with Crippen LogP contribution in [0.25, 0.3) is 0 Å². The Bertz CT molecular complexity index is 733. The van der Waals surface area contributed by atoms with Crippen LogP contribution >= 0.6 is 0 Å². The lowest BCUT2D eigenvalue weighted by Gasteiger charge is -2.35. The van der Waals surface area contributed by atoms with Gasteiger partial charge in [0.25, 0.3) is 0 Å². The van der Waals surface area contributed by atoms with E-state index in [2.05, 4.69) is 16.5 Å². The summed E-state index contributed by atoms with van der Waals surface area (Å²) in [6.07, 6.45) is 10.1. The van der Waals surface area contributed by atoms with Crippen molar-refractivity contribution in [3.05, 3.63) is 23.3 Å². The Morgan fingerprint density at radius 3 is 2.59 bits per heavy atom. The lowest BCUT2D eigenvalue weighted by molar-refractivity contribution is 0.143. The summed E-state index contributed by atoms with van der Waals surface area (Å²) < 4.78 is 33.9. The van der Waals surface area contributed by atoms with E-state index in [0.717, 1.165) is 50.8 Å². The first-order valence-electron chi connectivity index (χ1n) is 10.5. The second-order valence-electron chi connectivity index (χ2n) is 7.82. The molecule has 152 valence electrons. The highest BCUT2D eigenvalue weighted by Gasteiger charge is 2.24. The highest BCUT2D eigenvalue weighted by Crippen LogP contribution is 2.31. The summed E-state index contributed by atoms with van der Waals surface area (Å²) in [7, 11) is -2.01. The van der Waals surface area contributed by atoms with Crippen LogP contribution in [0, 0.1) is 0 Å². The number of sulfonamides is 1. The number of nitrogens with zero attached hydrogens (tertiary/aromatic N) is 1. The number of hydrogen-bond donors (Lipinski definition) is 1. The van der Waals surface area contributed by atoms with Crippen molar-refractivity contribution in [2.24, 2.45) is 0 Å². The zero-order valence-electron chi connectivity index (χ0n) is 16.8. The zero-order valence-corrected chi connectivity index (χ0v) is 17.6. The lowest BCUT2D eigenvalue weighted by atomic mass is 9.92. The molecule has 1 aromatic rings. The largest absolute Gasteiger partial charge is 0.495 e. The number of benzene rings is 1. The minimum absolute atomic E-state index is 0.287. The second-order valence-corrected chi connectivity index (χ2v) is 9.56. The van der Waals surface area contributed by atoms with E-state index >= 15 is 0 Å². The highest BCUT2D eigenvalue weighted by molar-refractivity contribution is 7.89. The van der Waals surface area contributed by atoms with Gasteiger partial charge in [0, 0.05) is 12.6 Å². The first-order valence-corrected chi connectivity index (χ1v) is 12.0. The fraction of sp³-hybridized carbons (Fsp3) is 0.714. The Morgan fingerprint density at radius 1 is 1.15 bits per heavy atom. The normalized spacial score (nSPS) is 21.0. The quantitative estimate of drug-likeness (QED) is 0.686. The first kappa shape index (κ1) is 20.6. The Labute approximate surface area is 164 Å². The molecule has 1 unspecified atom stereocenters. The molecule has 1 aromatic carbocycles. The van der Waals surface area contributed by atoms with E-state index < -0.39 is 10.0 Å². The molecule has 0 amide bonds. The van der Waals surface area contributed by atoms with Crippen LogP contribution in [0.3, 0.4) is 0 Å². The van der Waals surface area contributed by atoms with E-state index in [1.807, 2.05) is 12.1 Å². The van der Waals surface area contributed by atoms with E-state index in [9.17, 15) is 8.42 Å². The summed E-state index contributed by atoms with van der Waals surface area (Å²) in [6, 6.07) is 4.41. The SMILES string of the molecule is CCC1CCCCN1CCCNS(=O)(=O)c1cc2c(cc1OC)CCCC2. The van der Waals surface area contributed by atoms with E-state index in [0.29, 0.717) is 18.3 Å². The highest BCUT2D eigenvalue weighted by atomic mass is 32.2. The number of piperidine rings is 1. The Kier molecular flexibility index (Phi) is 7.17. The third-order valence-electron chi connectivity index (χ3n) is 6.05. The van der Waals surface area contributed by atoms with Gasteiger partial charge in [0.1, 0.15) is 10.6 Å². The Hall–Kier alpha value is -1.11. The predicted molar refractivity (Wildman–Crippen MR) is 109 cm³/mol. The molecule has 27 heavy (non-hydrogen) atoms. The third-order valence-corrected chi connectivity index (χ3v) is 7.53. The van der Waals surface area contributed by atoms with Gasteiger partial charge in [-0.15, -0.1) is 0 Å². The van der Waals surface area contributed by atoms with Crippen LogP contribution in [0.2, 0.25) is 0 Å². The number of hydrogen-bond acceptors (Lipinski definition) is 4. The topological polar surface area (TPSA) is 58.6 Å². The van der Waals surface area contributed by atoms with Gasteiger partial charge in [-0.2, -0.15) is 0 Å². The maximum absolute atomic E-state index is 12.9. The molecule has 0 bridgehead atoms. The molecule has 1 saturated heterocycles. The van der Waals surface area contributed by atoms with Gasteiger partial charge in [-0.05, 0) is 87.7 Å². The minimum atomic E-state index is -3.55. The lowest BCUT2D eigenvalue weighted by Crippen LogP contribution is -2.40.